The maximum atomic E-state index is 11.4. The van der Waals surface area contributed by atoms with Gasteiger partial charge in [0.2, 0.25) is 0 Å². The number of sulfone groups is 1. The van der Waals surface area contributed by atoms with E-state index >= 15 is 0 Å². The molecule has 2 rings (SSSR count). The Labute approximate surface area is 105 Å². The second-order valence-electron chi connectivity index (χ2n) is 5.83. The van der Waals surface area contributed by atoms with Crippen LogP contribution in [0.5, 0.6) is 0 Å². The fourth-order valence-corrected chi connectivity index (χ4v) is 4.38. The van der Waals surface area contributed by atoms with E-state index in [9.17, 15) is 8.42 Å². The maximum Gasteiger partial charge on any atom is 0.148 e. The number of nitrogens with zero attached hydrogens (tertiary/aromatic N) is 1. The van der Waals surface area contributed by atoms with Crippen LogP contribution < -0.4 is 5.32 Å². The lowest BCUT2D eigenvalue weighted by Crippen LogP contribution is -2.61. The predicted molar refractivity (Wildman–Crippen MR) is 69.9 cm³/mol. The average molecular weight is 260 g/mol. The van der Waals surface area contributed by atoms with Crippen molar-refractivity contribution in [1.29, 1.82) is 0 Å². The molecule has 5 heteroatoms. The molecule has 1 saturated heterocycles. The Morgan fingerprint density at radius 2 is 2.00 bits per heavy atom. The molecule has 0 aromatic carbocycles. The molecule has 1 spiro atoms. The lowest BCUT2D eigenvalue weighted by atomic mass is 9.94. The molecule has 4 nitrogen and oxygen atoms in total. The van der Waals surface area contributed by atoms with Gasteiger partial charge in [-0.05, 0) is 19.8 Å². The van der Waals surface area contributed by atoms with Crippen molar-refractivity contribution in [3.8, 4) is 0 Å². The Bertz CT molecular complexity index is 361. The summed E-state index contributed by atoms with van der Waals surface area (Å²) in [7, 11) is -2.87. The van der Waals surface area contributed by atoms with E-state index in [2.05, 4.69) is 10.2 Å². The third-order valence-corrected chi connectivity index (χ3v) is 5.22. The molecule has 0 bridgehead atoms. The topological polar surface area (TPSA) is 49.4 Å². The summed E-state index contributed by atoms with van der Waals surface area (Å²) in [5, 5.41) is 3.65. The molecule has 0 radical (unpaired) electrons. The van der Waals surface area contributed by atoms with Gasteiger partial charge in [0.05, 0.1) is 5.75 Å². The van der Waals surface area contributed by atoms with Crippen LogP contribution in [0, 0.1) is 0 Å². The van der Waals surface area contributed by atoms with Gasteiger partial charge in [-0.1, -0.05) is 12.8 Å². The minimum atomic E-state index is -2.87. The summed E-state index contributed by atoms with van der Waals surface area (Å²) < 4.78 is 22.7. The molecule has 2 aliphatic rings. The molecular formula is C12H24N2O2S. The van der Waals surface area contributed by atoms with Crippen LogP contribution in [0.3, 0.4) is 0 Å². The van der Waals surface area contributed by atoms with Gasteiger partial charge in [-0.3, -0.25) is 4.90 Å². The van der Waals surface area contributed by atoms with Gasteiger partial charge in [0, 0.05) is 37.5 Å². The first kappa shape index (κ1) is 13.3. The number of hydrogen-bond donors (Lipinski definition) is 1. The summed E-state index contributed by atoms with van der Waals surface area (Å²) >= 11 is 0. The number of nitrogens with one attached hydrogen (secondary N) is 1. The van der Waals surface area contributed by atoms with Crippen LogP contribution in [0.2, 0.25) is 0 Å². The van der Waals surface area contributed by atoms with Crippen LogP contribution in [0.4, 0.5) is 0 Å². The fraction of sp³-hybridized carbons (Fsp3) is 1.00. The molecule has 0 aromatic rings. The van der Waals surface area contributed by atoms with Crippen molar-refractivity contribution in [2.24, 2.45) is 0 Å². The van der Waals surface area contributed by atoms with Crippen LogP contribution in [0.1, 0.15) is 32.6 Å². The number of rotatable bonds is 3. The molecule has 1 N–H and O–H groups in total. The predicted octanol–water partition coefficient (Wildman–Crippen LogP) is 0.638. The summed E-state index contributed by atoms with van der Waals surface area (Å²) in [6.45, 7) is 5.02. The molecule has 0 amide bonds. The largest absolute Gasteiger partial charge is 0.309 e. The SMILES string of the molecule is CC(CS(C)(=O)=O)N1CCNC2(CCCC2)C1. The van der Waals surface area contributed by atoms with Crippen molar-refractivity contribution in [2.45, 2.75) is 44.2 Å². The number of hydrogen-bond acceptors (Lipinski definition) is 4. The zero-order valence-corrected chi connectivity index (χ0v) is 11.7. The van der Waals surface area contributed by atoms with E-state index in [1.54, 1.807) is 0 Å². The van der Waals surface area contributed by atoms with E-state index in [-0.39, 0.29) is 17.3 Å². The summed E-state index contributed by atoms with van der Waals surface area (Å²) in [4.78, 5) is 2.35. The summed E-state index contributed by atoms with van der Waals surface area (Å²) in [6.07, 6.45) is 6.43. The van der Waals surface area contributed by atoms with E-state index in [0.717, 1.165) is 19.6 Å². The Morgan fingerprint density at radius 3 is 2.59 bits per heavy atom. The Morgan fingerprint density at radius 1 is 1.35 bits per heavy atom. The molecule has 1 saturated carbocycles. The van der Waals surface area contributed by atoms with Gasteiger partial charge >= 0.3 is 0 Å². The van der Waals surface area contributed by atoms with Crippen LogP contribution in [-0.2, 0) is 9.84 Å². The van der Waals surface area contributed by atoms with Crippen LogP contribution >= 0.6 is 0 Å². The number of piperazine rings is 1. The van der Waals surface area contributed by atoms with Crippen LogP contribution in [0.15, 0.2) is 0 Å². The first-order chi connectivity index (χ1) is 7.90. The summed E-state index contributed by atoms with van der Waals surface area (Å²) in [5.74, 6) is 0.281. The minimum absolute atomic E-state index is 0.143. The van der Waals surface area contributed by atoms with Gasteiger partial charge < -0.3 is 5.32 Å². The highest BCUT2D eigenvalue weighted by molar-refractivity contribution is 7.90. The third-order valence-electron chi connectivity index (χ3n) is 4.13. The van der Waals surface area contributed by atoms with E-state index in [4.69, 9.17) is 0 Å². The zero-order valence-electron chi connectivity index (χ0n) is 10.9. The second-order valence-corrected chi connectivity index (χ2v) is 8.01. The molecule has 1 unspecified atom stereocenters. The van der Waals surface area contributed by atoms with Crippen molar-refractivity contribution in [2.75, 3.05) is 31.6 Å². The molecule has 1 aliphatic carbocycles. The smallest absolute Gasteiger partial charge is 0.148 e. The molecule has 0 aromatic heterocycles. The van der Waals surface area contributed by atoms with Crippen LogP contribution in [-0.4, -0.2) is 56.5 Å². The third kappa shape index (κ3) is 3.42. The normalized spacial score (nSPS) is 27.4. The fourth-order valence-electron chi connectivity index (χ4n) is 3.29. The standard InChI is InChI=1S/C12H24N2O2S/c1-11(9-17(2,15)16)14-8-7-13-12(10-14)5-3-4-6-12/h11,13H,3-10H2,1-2H3. The van der Waals surface area contributed by atoms with Crippen molar-refractivity contribution in [3.05, 3.63) is 0 Å². The highest BCUT2D eigenvalue weighted by atomic mass is 32.2. The molecular weight excluding hydrogens is 236 g/mol. The zero-order chi connectivity index (χ0) is 12.5. The first-order valence-electron chi connectivity index (χ1n) is 6.57. The van der Waals surface area contributed by atoms with Gasteiger partial charge in [0.1, 0.15) is 9.84 Å². The van der Waals surface area contributed by atoms with E-state index < -0.39 is 9.84 Å². The van der Waals surface area contributed by atoms with Gasteiger partial charge in [0.15, 0.2) is 0 Å². The lowest BCUT2D eigenvalue weighted by Gasteiger charge is -2.44. The van der Waals surface area contributed by atoms with E-state index in [0.29, 0.717) is 0 Å². The highest BCUT2D eigenvalue weighted by Crippen LogP contribution is 2.32. The average Bonchev–Trinajstić information content (AvgIpc) is 2.64. The van der Waals surface area contributed by atoms with Gasteiger partial charge in [-0.15, -0.1) is 0 Å². The van der Waals surface area contributed by atoms with Gasteiger partial charge in [-0.2, -0.15) is 0 Å². The van der Waals surface area contributed by atoms with E-state index in [1.165, 1.54) is 31.9 Å². The molecule has 1 aliphatic heterocycles. The van der Waals surface area contributed by atoms with Gasteiger partial charge in [-0.25, -0.2) is 8.42 Å². The molecule has 2 fully saturated rings. The van der Waals surface area contributed by atoms with Gasteiger partial charge in [0.25, 0.3) is 0 Å². The maximum absolute atomic E-state index is 11.4. The van der Waals surface area contributed by atoms with Crippen molar-refractivity contribution < 1.29 is 8.42 Å². The molecule has 100 valence electrons. The van der Waals surface area contributed by atoms with Crippen molar-refractivity contribution in [1.82, 2.24) is 10.2 Å². The minimum Gasteiger partial charge on any atom is -0.309 e. The monoisotopic (exact) mass is 260 g/mol. The molecule has 1 heterocycles. The van der Waals surface area contributed by atoms with Crippen molar-refractivity contribution in [3.63, 3.8) is 0 Å². The Balaban J connectivity index is 1.97. The molecule has 1 atom stereocenters. The van der Waals surface area contributed by atoms with Crippen molar-refractivity contribution >= 4 is 9.84 Å². The Hall–Kier alpha value is -0.130. The highest BCUT2D eigenvalue weighted by Gasteiger charge is 2.38. The van der Waals surface area contributed by atoms with Crippen LogP contribution in [0.25, 0.3) is 0 Å². The molecule has 17 heavy (non-hydrogen) atoms. The quantitative estimate of drug-likeness (QED) is 0.809. The van der Waals surface area contributed by atoms with E-state index in [1.807, 2.05) is 6.92 Å². The summed E-state index contributed by atoms with van der Waals surface area (Å²) in [6, 6.07) is 0.143. The Kier molecular flexibility index (Phi) is 3.80. The second kappa shape index (κ2) is 4.86. The first-order valence-corrected chi connectivity index (χ1v) is 8.63. The summed E-state index contributed by atoms with van der Waals surface area (Å²) in [5.41, 5.74) is 0.282. The lowest BCUT2D eigenvalue weighted by molar-refractivity contribution is 0.108.